The van der Waals surface area contributed by atoms with Gasteiger partial charge in [-0.15, -0.1) is 10.2 Å². The molecule has 1 unspecified atom stereocenters. The van der Waals surface area contributed by atoms with E-state index in [0.29, 0.717) is 45.1 Å². The minimum absolute atomic E-state index is 0.0835. The van der Waals surface area contributed by atoms with E-state index in [1.54, 1.807) is 0 Å². The van der Waals surface area contributed by atoms with Crippen molar-refractivity contribution >= 4 is 27.6 Å². The Hall–Kier alpha value is -2.02. The third-order valence-electron chi connectivity index (χ3n) is 8.01. The summed E-state index contributed by atoms with van der Waals surface area (Å²) in [5.74, 6) is 1.84. The minimum atomic E-state index is -3.18. The molecule has 12 heteroatoms. The fourth-order valence-electron chi connectivity index (χ4n) is 5.74. The van der Waals surface area contributed by atoms with Crippen molar-refractivity contribution in [2.75, 3.05) is 94.7 Å². The molecule has 36 heavy (non-hydrogen) atoms. The van der Waals surface area contributed by atoms with Crippen molar-refractivity contribution in [3.8, 4) is 0 Å². The third kappa shape index (κ3) is 6.09. The Labute approximate surface area is 214 Å². The molecule has 200 valence electrons. The number of carbonyl (C=O) groups is 1. The summed E-state index contributed by atoms with van der Waals surface area (Å²) in [7, 11) is -3.18. The van der Waals surface area contributed by atoms with Gasteiger partial charge in [0.05, 0.1) is 12.4 Å². The molecule has 0 aromatic carbocycles. The van der Waals surface area contributed by atoms with Gasteiger partial charge in [0.15, 0.2) is 11.6 Å². The van der Waals surface area contributed by atoms with E-state index in [1.807, 2.05) is 11.0 Å². The second-order valence-corrected chi connectivity index (χ2v) is 12.4. The molecule has 1 aromatic heterocycles. The number of rotatable bonds is 6. The second kappa shape index (κ2) is 11.2. The van der Waals surface area contributed by atoms with Gasteiger partial charge in [-0.3, -0.25) is 9.69 Å². The van der Waals surface area contributed by atoms with Crippen LogP contribution in [0.15, 0.2) is 12.1 Å². The lowest BCUT2D eigenvalue weighted by atomic mass is 9.96. The standard InChI is InChI=1S/C24H39N7O4S/c1-36(33,34)31-8-6-20(7-9-31)24(32)30-16-14-29(15-17-30)23-5-4-22(25-26-23)28-12-10-27(11-13-28)19-21-3-2-18-35-21/h4-5,20-21H,2-3,6-19H2,1H3. The van der Waals surface area contributed by atoms with Gasteiger partial charge in [0.25, 0.3) is 0 Å². The molecule has 0 saturated carbocycles. The van der Waals surface area contributed by atoms with Crippen LogP contribution in [-0.2, 0) is 19.6 Å². The molecule has 5 heterocycles. The molecule has 4 aliphatic heterocycles. The van der Waals surface area contributed by atoms with E-state index in [0.717, 1.165) is 64.1 Å². The van der Waals surface area contributed by atoms with Crippen molar-refractivity contribution in [2.45, 2.75) is 31.8 Å². The van der Waals surface area contributed by atoms with E-state index in [-0.39, 0.29) is 11.8 Å². The van der Waals surface area contributed by atoms with E-state index in [1.165, 1.54) is 23.4 Å². The van der Waals surface area contributed by atoms with Crippen molar-refractivity contribution in [3.63, 3.8) is 0 Å². The summed E-state index contributed by atoms with van der Waals surface area (Å²) in [6.45, 7) is 9.50. The maximum absolute atomic E-state index is 13.0. The molecule has 1 aromatic rings. The molecule has 0 spiro atoms. The van der Waals surface area contributed by atoms with Gasteiger partial charge in [-0.25, -0.2) is 12.7 Å². The molecular weight excluding hydrogens is 482 g/mol. The van der Waals surface area contributed by atoms with E-state index >= 15 is 0 Å². The fourth-order valence-corrected chi connectivity index (χ4v) is 6.61. The zero-order chi connectivity index (χ0) is 25.1. The molecule has 11 nitrogen and oxygen atoms in total. The lowest BCUT2D eigenvalue weighted by Gasteiger charge is -2.38. The second-order valence-electron chi connectivity index (χ2n) is 10.4. The first kappa shape index (κ1) is 25.6. The van der Waals surface area contributed by atoms with Crippen LogP contribution in [0.3, 0.4) is 0 Å². The molecule has 1 amide bonds. The highest BCUT2D eigenvalue weighted by Gasteiger charge is 2.33. The van der Waals surface area contributed by atoms with Crippen LogP contribution >= 0.6 is 0 Å². The van der Waals surface area contributed by atoms with Crippen molar-refractivity contribution in [1.82, 2.24) is 24.3 Å². The van der Waals surface area contributed by atoms with Gasteiger partial charge in [-0.05, 0) is 37.8 Å². The Balaban J connectivity index is 1.06. The highest BCUT2D eigenvalue weighted by atomic mass is 32.2. The van der Waals surface area contributed by atoms with Gasteiger partial charge in [0, 0.05) is 84.5 Å². The topological polar surface area (TPSA) is 102 Å². The van der Waals surface area contributed by atoms with Crippen molar-refractivity contribution in [1.29, 1.82) is 0 Å². The van der Waals surface area contributed by atoms with Crippen LogP contribution in [0, 0.1) is 5.92 Å². The Kier molecular flexibility index (Phi) is 7.94. The largest absolute Gasteiger partial charge is 0.377 e. The van der Waals surface area contributed by atoms with Crippen LogP contribution in [0.25, 0.3) is 0 Å². The van der Waals surface area contributed by atoms with Gasteiger partial charge in [-0.2, -0.15) is 0 Å². The Morgan fingerprint density at radius 2 is 1.47 bits per heavy atom. The number of piperidine rings is 1. The van der Waals surface area contributed by atoms with E-state index in [4.69, 9.17) is 4.74 Å². The smallest absolute Gasteiger partial charge is 0.225 e. The minimum Gasteiger partial charge on any atom is -0.377 e. The van der Waals surface area contributed by atoms with Gasteiger partial charge >= 0.3 is 0 Å². The molecule has 4 aliphatic rings. The summed E-state index contributed by atoms with van der Waals surface area (Å²) in [5.41, 5.74) is 0. The quantitative estimate of drug-likeness (QED) is 0.516. The molecule has 0 N–H and O–H groups in total. The SMILES string of the molecule is CS(=O)(=O)N1CCC(C(=O)N2CCN(c3ccc(N4CCN(CC5CCCO5)CC4)nn3)CC2)CC1. The van der Waals surface area contributed by atoms with Gasteiger partial charge in [-0.1, -0.05) is 0 Å². The number of hydrogen-bond donors (Lipinski definition) is 0. The summed E-state index contributed by atoms with van der Waals surface area (Å²) in [6.07, 6.45) is 5.20. The van der Waals surface area contributed by atoms with E-state index in [9.17, 15) is 13.2 Å². The molecule has 0 radical (unpaired) electrons. The normalized spacial score (nSPS) is 25.5. The third-order valence-corrected chi connectivity index (χ3v) is 9.31. The average Bonchev–Trinajstić information content (AvgIpc) is 3.42. The molecule has 5 rings (SSSR count). The summed E-state index contributed by atoms with van der Waals surface area (Å²) >= 11 is 0. The number of amides is 1. The number of ether oxygens (including phenoxy) is 1. The predicted octanol–water partition coefficient (Wildman–Crippen LogP) is 0.0978. The molecule has 4 fully saturated rings. The molecule has 4 saturated heterocycles. The predicted molar refractivity (Wildman–Crippen MR) is 138 cm³/mol. The van der Waals surface area contributed by atoms with Crippen LogP contribution < -0.4 is 9.80 Å². The number of carbonyl (C=O) groups excluding carboxylic acids is 1. The lowest BCUT2D eigenvalue weighted by Crippen LogP contribution is -2.52. The monoisotopic (exact) mass is 521 g/mol. The van der Waals surface area contributed by atoms with Crippen LogP contribution in [0.2, 0.25) is 0 Å². The maximum Gasteiger partial charge on any atom is 0.225 e. The zero-order valence-corrected chi connectivity index (χ0v) is 22.1. The Morgan fingerprint density at radius 3 is 1.97 bits per heavy atom. The number of hydrogen-bond acceptors (Lipinski definition) is 9. The lowest BCUT2D eigenvalue weighted by molar-refractivity contribution is -0.137. The highest BCUT2D eigenvalue weighted by Crippen LogP contribution is 2.23. The van der Waals surface area contributed by atoms with Gasteiger partial charge < -0.3 is 19.4 Å². The van der Waals surface area contributed by atoms with Crippen LogP contribution in [0.4, 0.5) is 11.6 Å². The number of piperazine rings is 2. The van der Waals surface area contributed by atoms with E-state index < -0.39 is 10.0 Å². The summed E-state index contributed by atoms with van der Waals surface area (Å²) in [6, 6.07) is 4.10. The fraction of sp³-hybridized carbons (Fsp3) is 0.792. The molecule has 0 bridgehead atoms. The molecule has 0 aliphatic carbocycles. The average molecular weight is 522 g/mol. The van der Waals surface area contributed by atoms with Crippen molar-refractivity contribution < 1.29 is 17.9 Å². The van der Waals surface area contributed by atoms with Gasteiger partial charge in [0.2, 0.25) is 15.9 Å². The molecular formula is C24H39N7O4S. The maximum atomic E-state index is 13.0. The number of anilines is 2. The summed E-state index contributed by atoms with van der Waals surface area (Å²) in [5, 5.41) is 9.02. The first-order chi connectivity index (χ1) is 17.4. The number of aromatic nitrogens is 2. The van der Waals surface area contributed by atoms with Gasteiger partial charge in [0.1, 0.15) is 0 Å². The van der Waals surface area contributed by atoms with Crippen LogP contribution in [0.1, 0.15) is 25.7 Å². The summed E-state index contributed by atoms with van der Waals surface area (Å²) in [4.78, 5) is 21.9. The molecule has 1 atom stereocenters. The highest BCUT2D eigenvalue weighted by molar-refractivity contribution is 7.88. The van der Waals surface area contributed by atoms with Crippen molar-refractivity contribution in [2.24, 2.45) is 5.92 Å². The first-order valence-electron chi connectivity index (χ1n) is 13.3. The van der Waals surface area contributed by atoms with Crippen molar-refractivity contribution in [3.05, 3.63) is 12.1 Å². The zero-order valence-electron chi connectivity index (χ0n) is 21.3. The Morgan fingerprint density at radius 1 is 0.889 bits per heavy atom. The van der Waals surface area contributed by atoms with Crippen LogP contribution in [0.5, 0.6) is 0 Å². The van der Waals surface area contributed by atoms with Crippen LogP contribution in [-0.4, -0.2) is 130 Å². The number of nitrogens with zero attached hydrogens (tertiary/aromatic N) is 7. The van der Waals surface area contributed by atoms with E-state index in [2.05, 4.69) is 31.0 Å². The first-order valence-corrected chi connectivity index (χ1v) is 15.1. The number of sulfonamides is 1. The Bertz CT molecular complexity index is 978. The summed E-state index contributed by atoms with van der Waals surface area (Å²) < 4.78 is 30.7.